The van der Waals surface area contributed by atoms with Crippen LogP contribution in [0.3, 0.4) is 0 Å². The first kappa shape index (κ1) is 16.0. The predicted molar refractivity (Wildman–Crippen MR) is 96.5 cm³/mol. The number of nitrogens with zero attached hydrogens (tertiary/aromatic N) is 2. The number of hydrogen-bond acceptors (Lipinski definition) is 3. The highest BCUT2D eigenvalue weighted by molar-refractivity contribution is 6.31. The maximum absolute atomic E-state index is 12.8. The number of fused-ring (bicyclic) bond motifs is 5. The number of para-hydroxylation sites is 1. The van der Waals surface area contributed by atoms with Gasteiger partial charge in [0.15, 0.2) is 0 Å². The number of piperidine rings is 1. The number of aliphatic carboxylic acids is 1. The van der Waals surface area contributed by atoms with E-state index < -0.39 is 17.9 Å². The van der Waals surface area contributed by atoms with Gasteiger partial charge in [0.25, 0.3) is 0 Å². The Morgan fingerprint density at radius 1 is 1.16 bits per heavy atom. The number of carboxylic acid groups (broad SMARTS) is 1. The Labute approximate surface area is 150 Å². The fourth-order valence-electron chi connectivity index (χ4n) is 3.94. The molecule has 0 aromatic heterocycles. The molecule has 5 nitrogen and oxygen atoms in total. The minimum absolute atomic E-state index is 0.0730. The number of anilines is 3. The van der Waals surface area contributed by atoms with Gasteiger partial charge in [-0.25, -0.2) is 0 Å². The van der Waals surface area contributed by atoms with Crippen LogP contribution in [0.4, 0.5) is 17.1 Å². The summed E-state index contributed by atoms with van der Waals surface area (Å²) >= 11 is 6.19. The third-order valence-corrected chi connectivity index (χ3v) is 5.32. The fraction of sp³-hybridized carbons (Fsp3) is 0.263. The largest absolute Gasteiger partial charge is 0.481 e. The van der Waals surface area contributed by atoms with Gasteiger partial charge in [-0.15, -0.1) is 0 Å². The van der Waals surface area contributed by atoms with Crippen molar-refractivity contribution in [2.75, 3.05) is 16.8 Å². The zero-order valence-corrected chi connectivity index (χ0v) is 14.4. The zero-order chi connectivity index (χ0) is 17.7. The Kier molecular flexibility index (Phi) is 3.69. The molecule has 0 unspecified atom stereocenters. The van der Waals surface area contributed by atoms with Gasteiger partial charge in [-0.2, -0.15) is 0 Å². The second-order valence-corrected chi connectivity index (χ2v) is 6.88. The number of benzene rings is 2. The van der Waals surface area contributed by atoms with Crippen molar-refractivity contribution in [1.29, 1.82) is 0 Å². The molecule has 2 aromatic carbocycles. The average molecular weight is 357 g/mol. The van der Waals surface area contributed by atoms with Crippen LogP contribution in [0.15, 0.2) is 42.5 Å². The molecule has 2 aromatic rings. The van der Waals surface area contributed by atoms with Crippen LogP contribution < -0.4 is 9.80 Å². The molecule has 1 fully saturated rings. The lowest BCUT2D eigenvalue weighted by molar-refractivity contribution is -0.144. The van der Waals surface area contributed by atoms with Crippen LogP contribution in [0.5, 0.6) is 0 Å². The van der Waals surface area contributed by atoms with Crippen molar-refractivity contribution in [2.24, 2.45) is 5.92 Å². The third kappa shape index (κ3) is 2.38. The van der Waals surface area contributed by atoms with E-state index in [0.29, 0.717) is 17.1 Å². The SMILES string of the molecule is CN1c2ccccc2[C@H]2[C@H](C(=O)O)CCC(=O)N2c2cc(Cl)ccc21. The first-order valence-electron chi connectivity index (χ1n) is 8.16. The summed E-state index contributed by atoms with van der Waals surface area (Å²) in [7, 11) is 1.92. The van der Waals surface area contributed by atoms with Gasteiger partial charge in [-0.1, -0.05) is 29.8 Å². The number of carboxylic acids is 1. The van der Waals surface area contributed by atoms with Crippen LogP contribution in [0.2, 0.25) is 5.02 Å². The van der Waals surface area contributed by atoms with Gasteiger partial charge in [-0.05, 0) is 36.2 Å². The van der Waals surface area contributed by atoms with Gasteiger partial charge >= 0.3 is 5.97 Å². The molecule has 6 heteroatoms. The summed E-state index contributed by atoms with van der Waals surface area (Å²) in [5.74, 6) is -1.61. The van der Waals surface area contributed by atoms with Crippen molar-refractivity contribution in [3.63, 3.8) is 0 Å². The highest BCUT2D eigenvalue weighted by atomic mass is 35.5. The van der Waals surface area contributed by atoms with E-state index in [0.717, 1.165) is 16.9 Å². The lowest BCUT2D eigenvalue weighted by Gasteiger charge is -2.39. The Morgan fingerprint density at radius 3 is 2.68 bits per heavy atom. The standard InChI is InChI=1S/C19H17ClN2O3/c1-21-14-5-3-2-4-12(14)18-13(19(24)25)7-9-17(23)22(18)16-10-11(20)6-8-15(16)21/h2-6,8,10,13,18H,7,9H2,1H3,(H,24,25)/t13-,18+/m1/s1. The van der Waals surface area contributed by atoms with Crippen molar-refractivity contribution in [1.82, 2.24) is 0 Å². The molecule has 0 spiro atoms. The number of rotatable bonds is 1. The van der Waals surface area contributed by atoms with Crippen LogP contribution >= 0.6 is 11.6 Å². The Hall–Kier alpha value is -2.53. The van der Waals surface area contributed by atoms with Gasteiger partial charge < -0.3 is 14.9 Å². The lowest BCUT2D eigenvalue weighted by atomic mass is 9.83. The van der Waals surface area contributed by atoms with Crippen LogP contribution in [0.25, 0.3) is 0 Å². The molecule has 128 valence electrons. The number of carbonyl (C=O) groups is 2. The summed E-state index contributed by atoms with van der Waals surface area (Å²) in [4.78, 5) is 28.4. The number of halogens is 1. The van der Waals surface area contributed by atoms with Crippen LogP contribution in [-0.2, 0) is 9.59 Å². The molecular weight excluding hydrogens is 340 g/mol. The molecule has 1 N–H and O–H groups in total. The second-order valence-electron chi connectivity index (χ2n) is 6.44. The van der Waals surface area contributed by atoms with Crippen molar-refractivity contribution < 1.29 is 14.7 Å². The topological polar surface area (TPSA) is 60.9 Å². The molecule has 0 bridgehead atoms. The highest BCUT2D eigenvalue weighted by Crippen LogP contribution is 2.50. The van der Waals surface area contributed by atoms with E-state index in [9.17, 15) is 14.7 Å². The Balaban J connectivity index is 2.04. The average Bonchev–Trinajstić information content (AvgIpc) is 2.70. The molecule has 4 rings (SSSR count). The highest BCUT2D eigenvalue weighted by Gasteiger charge is 2.45. The Morgan fingerprint density at radius 2 is 1.92 bits per heavy atom. The van der Waals surface area contributed by atoms with Crippen molar-refractivity contribution in [2.45, 2.75) is 18.9 Å². The van der Waals surface area contributed by atoms with Gasteiger partial charge in [0.1, 0.15) is 0 Å². The molecule has 2 aliphatic heterocycles. The minimum Gasteiger partial charge on any atom is -0.481 e. The molecule has 0 saturated carbocycles. The normalized spacial score (nSPS) is 21.9. The molecule has 2 aliphatic rings. The third-order valence-electron chi connectivity index (χ3n) is 5.09. The van der Waals surface area contributed by atoms with Crippen LogP contribution in [-0.4, -0.2) is 24.0 Å². The van der Waals surface area contributed by atoms with Crippen LogP contribution in [0.1, 0.15) is 24.4 Å². The molecule has 1 amide bonds. The molecule has 0 aliphatic carbocycles. The minimum atomic E-state index is -0.884. The summed E-state index contributed by atoms with van der Waals surface area (Å²) in [6.07, 6.45) is 0.550. The van der Waals surface area contributed by atoms with Crippen molar-refractivity contribution in [3.05, 3.63) is 53.1 Å². The number of hydrogen-bond donors (Lipinski definition) is 1. The maximum Gasteiger partial charge on any atom is 0.308 e. The van der Waals surface area contributed by atoms with E-state index in [1.165, 1.54) is 0 Å². The first-order chi connectivity index (χ1) is 12.0. The van der Waals surface area contributed by atoms with Gasteiger partial charge in [0.2, 0.25) is 5.91 Å². The zero-order valence-electron chi connectivity index (χ0n) is 13.6. The van der Waals surface area contributed by atoms with E-state index in [-0.39, 0.29) is 12.3 Å². The van der Waals surface area contributed by atoms with Gasteiger partial charge in [-0.3, -0.25) is 9.59 Å². The quantitative estimate of drug-likeness (QED) is 0.839. The lowest BCUT2D eigenvalue weighted by Crippen LogP contribution is -2.45. The first-order valence-corrected chi connectivity index (χ1v) is 8.54. The Bertz CT molecular complexity index is 883. The van der Waals surface area contributed by atoms with E-state index in [1.54, 1.807) is 17.0 Å². The number of carbonyl (C=O) groups excluding carboxylic acids is 1. The van der Waals surface area contributed by atoms with Gasteiger partial charge in [0.05, 0.1) is 23.3 Å². The van der Waals surface area contributed by atoms with Crippen LogP contribution in [0, 0.1) is 5.92 Å². The molecule has 2 heterocycles. The van der Waals surface area contributed by atoms with Crippen molar-refractivity contribution in [3.8, 4) is 0 Å². The summed E-state index contributed by atoms with van der Waals surface area (Å²) in [6.45, 7) is 0. The monoisotopic (exact) mass is 356 g/mol. The predicted octanol–water partition coefficient (Wildman–Crippen LogP) is 3.99. The van der Waals surface area contributed by atoms with E-state index in [4.69, 9.17) is 11.6 Å². The summed E-state index contributed by atoms with van der Waals surface area (Å²) in [5, 5.41) is 10.3. The molecule has 2 atom stereocenters. The van der Waals surface area contributed by atoms with E-state index in [2.05, 4.69) is 0 Å². The summed E-state index contributed by atoms with van der Waals surface area (Å²) in [5.41, 5.74) is 3.24. The van der Waals surface area contributed by atoms with Gasteiger partial charge in [0, 0.05) is 24.2 Å². The summed E-state index contributed by atoms with van der Waals surface area (Å²) in [6, 6.07) is 12.5. The van der Waals surface area contributed by atoms with Crippen molar-refractivity contribution >= 4 is 40.5 Å². The van der Waals surface area contributed by atoms with E-state index >= 15 is 0 Å². The smallest absolute Gasteiger partial charge is 0.308 e. The fourth-order valence-corrected chi connectivity index (χ4v) is 4.10. The second kappa shape index (κ2) is 5.77. The molecule has 25 heavy (non-hydrogen) atoms. The maximum atomic E-state index is 12.8. The molecule has 0 radical (unpaired) electrons. The number of amides is 1. The van der Waals surface area contributed by atoms with E-state index in [1.807, 2.05) is 42.3 Å². The molecule has 1 saturated heterocycles. The summed E-state index contributed by atoms with van der Waals surface area (Å²) < 4.78 is 0. The molecular formula is C19H17ClN2O3.